The van der Waals surface area contributed by atoms with Crippen molar-refractivity contribution in [3.05, 3.63) is 124 Å². The van der Waals surface area contributed by atoms with Gasteiger partial charge in [0.05, 0.1) is 24.2 Å². The number of nitrogens with one attached hydrogen (secondary N) is 1. The van der Waals surface area contributed by atoms with Crippen LogP contribution in [0.4, 0.5) is 0 Å². The molecule has 1 atom stereocenters. The van der Waals surface area contributed by atoms with E-state index < -0.39 is 18.0 Å². The predicted molar refractivity (Wildman–Crippen MR) is 210 cm³/mol. The summed E-state index contributed by atoms with van der Waals surface area (Å²) in [7, 11) is 0. The van der Waals surface area contributed by atoms with E-state index in [1.54, 1.807) is 18.3 Å². The normalized spacial score (nSPS) is 12.1. The zero-order valence-corrected chi connectivity index (χ0v) is 31.9. The first-order valence-corrected chi connectivity index (χ1v) is 18.3. The van der Waals surface area contributed by atoms with Crippen LogP contribution < -0.4 is 19.5 Å². The molecule has 5 rings (SSSR count). The van der Waals surface area contributed by atoms with Crippen molar-refractivity contribution in [3.8, 4) is 45.8 Å². The standard InChI is InChI=1S/C43H45ClN4O7/c1-28-34(6-4-8-37(28)38-9-5-7-36(29(38)2)32-10-12-35(13-11-32)53-19-17-46-16-18-49)26-55-41-39(44)21-33(14-15-43(3,27-50)42(51)52)40(48-41)54-25-31-20-30(22-45)23-47-24-31/h4-13,20-21,23-24,46,49-50H,14-19,25-27H2,1-3H3,(H,51,52)/t43-/m0/s1. The molecule has 0 fully saturated rings. The Balaban J connectivity index is 1.36. The third-order valence-electron chi connectivity index (χ3n) is 9.53. The Morgan fingerprint density at radius 1 is 0.873 bits per heavy atom. The van der Waals surface area contributed by atoms with E-state index in [0.717, 1.165) is 44.7 Å². The topological polar surface area (TPSA) is 167 Å². The van der Waals surface area contributed by atoms with Gasteiger partial charge in [0.25, 0.3) is 0 Å². The number of halogens is 1. The molecule has 5 aromatic rings. The van der Waals surface area contributed by atoms with E-state index in [9.17, 15) is 20.3 Å². The number of nitrogens with zero attached hydrogens (tertiary/aromatic N) is 3. The van der Waals surface area contributed by atoms with Crippen LogP contribution in [0.1, 0.15) is 46.7 Å². The van der Waals surface area contributed by atoms with E-state index >= 15 is 0 Å². The molecule has 12 heteroatoms. The highest BCUT2D eigenvalue weighted by atomic mass is 35.5. The zero-order chi connectivity index (χ0) is 39.4. The highest BCUT2D eigenvalue weighted by Crippen LogP contribution is 2.37. The first-order valence-electron chi connectivity index (χ1n) is 17.9. The summed E-state index contributed by atoms with van der Waals surface area (Å²) in [6, 6.07) is 25.7. The summed E-state index contributed by atoms with van der Waals surface area (Å²) in [5.41, 5.74) is 7.63. The van der Waals surface area contributed by atoms with Gasteiger partial charge < -0.3 is 34.8 Å². The monoisotopic (exact) mass is 764 g/mol. The van der Waals surface area contributed by atoms with Crippen molar-refractivity contribution in [2.75, 3.05) is 32.9 Å². The van der Waals surface area contributed by atoms with Crippen LogP contribution >= 0.6 is 11.6 Å². The van der Waals surface area contributed by atoms with Crippen molar-refractivity contribution in [1.82, 2.24) is 15.3 Å². The maximum absolute atomic E-state index is 11.9. The number of ether oxygens (including phenoxy) is 3. The Bertz CT molecular complexity index is 2140. The molecule has 11 nitrogen and oxygen atoms in total. The van der Waals surface area contributed by atoms with Crippen molar-refractivity contribution in [2.24, 2.45) is 5.41 Å². The van der Waals surface area contributed by atoms with Crippen LogP contribution in [0, 0.1) is 30.6 Å². The third kappa shape index (κ3) is 10.4. The molecule has 55 heavy (non-hydrogen) atoms. The highest BCUT2D eigenvalue weighted by Gasteiger charge is 2.32. The average molecular weight is 765 g/mol. The Kier molecular flexibility index (Phi) is 14.2. The smallest absolute Gasteiger partial charge is 0.311 e. The van der Waals surface area contributed by atoms with Crippen molar-refractivity contribution >= 4 is 17.6 Å². The van der Waals surface area contributed by atoms with Crippen LogP contribution in [0.25, 0.3) is 22.3 Å². The van der Waals surface area contributed by atoms with Gasteiger partial charge in [-0.15, -0.1) is 0 Å². The molecule has 0 unspecified atom stereocenters. The number of benzene rings is 3. The van der Waals surface area contributed by atoms with Gasteiger partial charge in [0.1, 0.15) is 36.7 Å². The van der Waals surface area contributed by atoms with Gasteiger partial charge in [0.2, 0.25) is 11.8 Å². The quantitative estimate of drug-likeness (QED) is 0.0634. The van der Waals surface area contributed by atoms with Gasteiger partial charge in [-0.25, -0.2) is 0 Å². The van der Waals surface area contributed by atoms with Crippen LogP contribution in [0.15, 0.2) is 85.2 Å². The first-order chi connectivity index (χ1) is 26.6. The molecule has 0 amide bonds. The molecule has 0 bridgehead atoms. The Morgan fingerprint density at radius 2 is 1.58 bits per heavy atom. The van der Waals surface area contributed by atoms with E-state index in [0.29, 0.717) is 36.4 Å². The van der Waals surface area contributed by atoms with Crippen LogP contribution in [0.2, 0.25) is 5.02 Å². The largest absolute Gasteiger partial charge is 0.492 e. The molecule has 0 radical (unpaired) electrons. The lowest BCUT2D eigenvalue weighted by Crippen LogP contribution is -2.32. The molecule has 0 aliphatic carbocycles. The molecular weight excluding hydrogens is 720 g/mol. The first kappa shape index (κ1) is 40.7. The second-order valence-electron chi connectivity index (χ2n) is 13.4. The van der Waals surface area contributed by atoms with Crippen molar-refractivity contribution in [1.29, 1.82) is 5.26 Å². The number of nitriles is 1. The predicted octanol–water partition coefficient (Wildman–Crippen LogP) is 7.09. The number of aliphatic hydroxyl groups excluding tert-OH is 2. The summed E-state index contributed by atoms with van der Waals surface area (Å²) in [6.07, 6.45) is 3.36. The lowest BCUT2D eigenvalue weighted by Gasteiger charge is -2.22. The number of pyridine rings is 2. The molecule has 2 heterocycles. The van der Waals surface area contributed by atoms with Crippen LogP contribution in [0.3, 0.4) is 0 Å². The molecule has 2 aromatic heterocycles. The molecular formula is C43H45ClN4O7. The number of carboxylic acids is 1. The fraction of sp³-hybridized carbons (Fsp3) is 0.302. The average Bonchev–Trinajstić information content (AvgIpc) is 3.20. The Labute approximate surface area is 326 Å². The van der Waals surface area contributed by atoms with E-state index in [1.165, 1.54) is 13.1 Å². The van der Waals surface area contributed by atoms with E-state index in [2.05, 4.69) is 71.6 Å². The summed E-state index contributed by atoms with van der Waals surface area (Å²) < 4.78 is 18.2. The van der Waals surface area contributed by atoms with E-state index in [4.69, 9.17) is 30.9 Å². The lowest BCUT2D eigenvalue weighted by molar-refractivity contribution is -0.150. The Hall–Kier alpha value is -5.51. The second-order valence-corrected chi connectivity index (χ2v) is 13.9. The number of hydrogen-bond acceptors (Lipinski definition) is 10. The summed E-state index contributed by atoms with van der Waals surface area (Å²) in [4.78, 5) is 20.6. The SMILES string of the molecule is Cc1c(COc2nc(OCc3cncc(C#N)c3)c(CC[C@@](C)(CO)C(=O)O)cc2Cl)cccc1-c1cccc(-c2ccc(OCCNCCO)cc2)c1C. The van der Waals surface area contributed by atoms with Gasteiger partial charge in [0.15, 0.2) is 0 Å². The van der Waals surface area contributed by atoms with Gasteiger partial charge in [-0.3, -0.25) is 9.78 Å². The van der Waals surface area contributed by atoms with Gasteiger partial charge in [0, 0.05) is 36.6 Å². The lowest BCUT2D eigenvalue weighted by atomic mass is 9.85. The summed E-state index contributed by atoms with van der Waals surface area (Å²) in [5.74, 6) is -0.000157. The summed E-state index contributed by atoms with van der Waals surface area (Å²) in [5, 5.41) is 41.1. The number of hydrogen-bond donors (Lipinski definition) is 4. The maximum Gasteiger partial charge on any atom is 0.311 e. The minimum absolute atomic E-state index is 0.0428. The van der Waals surface area contributed by atoms with Crippen LogP contribution in [-0.4, -0.2) is 64.2 Å². The molecule has 0 spiro atoms. The molecule has 0 aliphatic heterocycles. The second kappa shape index (κ2) is 19.2. The number of aliphatic hydroxyl groups is 2. The van der Waals surface area contributed by atoms with E-state index in [-0.39, 0.29) is 49.4 Å². The van der Waals surface area contributed by atoms with Crippen LogP contribution in [-0.2, 0) is 24.4 Å². The number of aromatic nitrogens is 2. The molecule has 0 aliphatic rings. The minimum atomic E-state index is -1.37. The Morgan fingerprint density at radius 3 is 2.29 bits per heavy atom. The number of carboxylic acid groups (broad SMARTS) is 1. The fourth-order valence-corrected chi connectivity index (χ4v) is 6.26. The maximum atomic E-state index is 11.9. The molecule has 4 N–H and O–H groups in total. The van der Waals surface area contributed by atoms with Gasteiger partial charge >= 0.3 is 5.97 Å². The van der Waals surface area contributed by atoms with Gasteiger partial charge in [-0.1, -0.05) is 60.1 Å². The van der Waals surface area contributed by atoms with Gasteiger partial charge in [-0.05, 0) is 96.8 Å². The summed E-state index contributed by atoms with van der Waals surface area (Å²) >= 11 is 6.71. The molecule has 0 saturated heterocycles. The highest BCUT2D eigenvalue weighted by molar-refractivity contribution is 6.31. The van der Waals surface area contributed by atoms with E-state index in [1.807, 2.05) is 24.3 Å². The van der Waals surface area contributed by atoms with Crippen LogP contribution in [0.5, 0.6) is 17.5 Å². The number of aryl methyl sites for hydroxylation is 1. The van der Waals surface area contributed by atoms with Crippen molar-refractivity contribution < 1.29 is 34.3 Å². The van der Waals surface area contributed by atoms with Crippen molar-refractivity contribution in [2.45, 2.75) is 46.8 Å². The number of aliphatic carboxylic acids is 1. The van der Waals surface area contributed by atoms with Crippen molar-refractivity contribution in [3.63, 3.8) is 0 Å². The van der Waals surface area contributed by atoms with Gasteiger partial charge in [-0.2, -0.15) is 10.2 Å². The molecule has 0 saturated carbocycles. The number of carbonyl (C=O) groups is 1. The zero-order valence-electron chi connectivity index (χ0n) is 31.1. The third-order valence-corrected chi connectivity index (χ3v) is 9.80. The number of rotatable bonds is 19. The minimum Gasteiger partial charge on any atom is -0.492 e. The summed E-state index contributed by atoms with van der Waals surface area (Å²) in [6.45, 7) is 7.10. The fourth-order valence-electron chi connectivity index (χ4n) is 6.04. The molecule has 3 aromatic carbocycles. The molecule has 286 valence electrons.